The Morgan fingerprint density at radius 1 is 1.35 bits per heavy atom. The molecule has 0 spiro atoms. The molecule has 1 aromatic rings. The minimum atomic E-state index is -3.45. The van der Waals surface area contributed by atoms with Gasteiger partial charge >= 0.3 is 0 Å². The molecule has 1 aliphatic heterocycles. The lowest BCUT2D eigenvalue weighted by atomic mass is 10.2. The molecule has 1 atom stereocenters. The first-order valence-corrected chi connectivity index (χ1v) is 9.91. The number of halogens is 2. The summed E-state index contributed by atoms with van der Waals surface area (Å²) in [5, 5.41) is 3.05. The molecule has 1 saturated heterocycles. The van der Waals surface area contributed by atoms with Crippen LogP contribution in [0, 0.1) is 0 Å². The van der Waals surface area contributed by atoms with E-state index < -0.39 is 15.6 Å². The molecular weight excluding hydrogens is 404 g/mol. The number of carbonyl (C=O) groups is 1. The second kappa shape index (κ2) is 9.01. The van der Waals surface area contributed by atoms with Crippen LogP contribution >= 0.6 is 28.3 Å². The zero-order valence-corrected chi connectivity index (χ0v) is 16.2. The number of nitrogens with one attached hydrogen (secondary N) is 1. The molecule has 0 bridgehead atoms. The van der Waals surface area contributed by atoms with Gasteiger partial charge in [0.15, 0.2) is 9.84 Å². The van der Waals surface area contributed by atoms with Crippen LogP contribution in [0.5, 0.6) is 0 Å². The standard InChI is InChI=1S/C15H21BrN2O3S.ClH/c1-17-9-14-3-2-8-18(14)15(19)11-22(20,21)10-12-4-6-13(16)7-5-12;/h4-7,14,17H,2-3,8-11H2,1H3;1H. The van der Waals surface area contributed by atoms with Gasteiger partial charge in [-0.1, -0.05) is 28.1 Å². The van der Waals surface area contributed by atoms with E-state index >= 15 is 0 Å². The van der Waals surface area contributed by atoms with Crippen molar-refractivity contribution >= 4 is 44.1 Å². The van der Waals surface area contributed by atoms with Gasteiger partial charge in [-0.2, -0.15) is 0 Å². The van der Waals surface area contributed by atoms with Crippen molar-refractivity contribution in [1.29, 1.82) is 0 Å². The summed E-state index contributed by atoms with van der Waals surface area (Å²) in [5.41, 5.74) is 0.698. The zero-order valence-electron chi connectivity index (χ0n) is 13.0. The molecule has 1 aliphatic rings. The SMILES string of the molecule is CNCC1CCCN1C(=O)CS(=O)(=O)Cc1ccc(Br)cc1.Cl. The highest BCUT2D eigenvalue weighted by atomic mass is 79.9. The summed E-state index contributed by atoms with van der Waals surface area (Å²) in [4.78, 5) is 14.0. The number of sulfone groups is 1. The van der Waals surface area contributed by atoms with E-state index in [-0.39, 0.29) is 30.1 Å². The topological polar surface area (TPSA) is 66.5 Å². The largest absolute Gasteiger partial charge is 0.338 e. The number of hydrogen-bond acceptors (Lipinski definition) is 4. The fourth-order valence-electron chi connectivity index (χ4n) is 2.77. The van der Waals surface area contributed by atoms with Crippen molar-refractivity contribution < 1.29 is 13.2 Å². The van der Waals surface area contributed by atoms with Gasteiger partial charge in [0, 0.05) is 23.6 Å². The highest BCUT2D eigenvalue weighted by molar-refractivity contribution is 9.10. The van der Waals surface area contributed by atoms with Gasteiger partial charge in [0.05, 0.1) is 5.75 Å². The minimum absolute atomic E-state index is 0. The van der Waals surface area contributed by atoms with E-state index in [0.717, 1.165) is 17.3 Å². The lowest BCUT2D eigenvalue weighted by Gasteiger charge is -2.24. The first-order chi connectivity index (χ1) is 10.4. The molecule has 8 heteroatoms. The normalized spacial score (nSPS) is 17.8. The van der Waals surface area contributed by atoms with Crippen LogP contribution in [0.4, 0.5) is 0 Å². The van der Waals surface area contributed by atoms with E-state index in [1.807, 2.05) is 7.05 Å². The van der Waals surface area contributed by atoms with Crippen LogP contribution in [0.25, 0.3) is 0 Å². The smallest absolute Gasteiger partial charge is 0.238 e. The van der Waals surface area contributed by atoms with Crippen molar-refractivity contribution in [3.63, 3.8) is 0 Å². The molecule has 0 aromatic heterocycles. The van der Waals surface area contributed by atoms with Crippen molar-refractivity contribution in [1.82, 2.24) is 10.2 Å². The summed E-state index contributed by atoms with van der Waals surface area (Å²) in [5.74, 6) is -0.797. The summed E-state index contributed by atoms with van der Waals surface area (Å²) < 4.78 is 25.4. The maximum absolute atomic E-state index is 12.3. The quantitative estimate of drug-likeness (QED) is 0.757. The summed E-state index contributed by atoms with van der Waals surface area (Å²) in [6.07, 6.45) is 1.87. The molecule has 1 fully saturated rings. The second-order valence-corrected chi connectivity index (χ2v) is 8.58. The van der Waals surface area contributed by atoms with Gasteiger partial charge in [0.25, 0.3) is 0 Å². The Morgan fingerprint density at radius 2 is 2.00 bits per heavy atom. The predicted octanol–water partition coefficient (Wildman–Crippen LogP) is 2.00. The van der Waals surface area contributed by atoms with Crippen LogP contribution < -0.4 is 5.32 Å². The van der Waals surface area contributed by atoms with E-state index in [4.69, 9.17) is 0 Å². The second-order valence-electron chi connectivity index (χ2n) is 5.60. The summed E-state index contributed by atoms with van der Waals surface area (Å²) in [7, 11) is -1.61. The van der Waals surface area contributed by atoms with Gasteiger partial charge in [-0.05, 0) is 37.6 Å². The third-order valence-corrected chi connectivity index (χ3v) is 5.77. The lowest BCUT2D eigenvalue weighted by molar-refractivity contribution is -0.129. The number of likely N-dealkylation sites (tertiary alicyclic amines) is 1. The van der Waals surface area contributed by atoms with Gasteiger partial charge in [0.2, 0.25) is 5.91 Å². The van der Waals surface area contributed by atoms with E-state index in [2.05, 4.69) is 21.2 Å². The van der Waals surface area contributed by atoms with Crippen LogP contribution in [0.1, 0.15) is 18.4 Å². The summed E-state index contributed by atoms with van der Waals surface area (Å²) >= 11 is 3.32. The molecule has 0 aliphatic carbocycles. The average molecular weight is 426 g/mol. The third-order valence-electron chi connectivity index (χ3n) is 3.78. The van der Waals surface area contributed by atoms with Crippen LogP contribution in [-0.2, 0) is 20.4 Å². The van der Waals surface area contributed by atoms with Crippen LogP contribution in [0.15, 0.2) is 28.7 Å². The maximum atomic E-state index is 12.3. The van der Waals surface area contributed by atoms with Gasteiger partial charge in [-0.3, -0.25) is 4.79 Å². The molecule has 2 rings (SSSR count). The molecule has 1 amide bonds. The number of nitrogens with zero attached hydrogens (tertiary/aromatic N) is 1. The molecule has 130 valence electrons. The summed E-state index contributed by atoms with van der Waals surface area (Å²) in [6.45, 7) is 1.36. The molecule has 23 heavy (non-hydrogen) atoms. The number of benzene rings is 1. The Morgan fingerprint density at radius 3 is 2.61 bits per heavy atom. The molecule has 1 heterocycles. The third kappa shape index (κ3) is 6.06. The number of likely N-dealkylation sites (N-methyl/N-ethyl adjacent to an activating group) is 1. The molecule has 5 nitrogen and oxygen atoms in total. The number of hydrogen-bond donors (Lipinski definition) is 1. The molecule has 1 N–H and O–H groups in total. The Hall–Kier alpha value is -0.630. The van der Waals surface area contributed by atoms with E-state index in [1.54, 1.807) is 29.2 Å². The number of carbonyl (C=O) groups excluding carboxylic acids is 1. The van der Waals surface area contributed by atoms with Crippen LogP contribution in [0.2, 0.25) is 0 Å². The molecule has 0 radical (unpaired) electrons. The molecule has 0 saturated carbocycles. The number of rotatable bonds is 6. The highest BCUT2D eigenvalue weighted by Gasteiger charge is 2.30. The van der Waals surface area contributed by atoms with E-state index in [1.165, 1.54) is 0 Å². The van der Waals surface area contributed by atoms with Gasteiger partial charge in [-0.15, -0.1) is 12.4 Å². The first-order valence-electron chi connectivity index (χ1n) is 7.30. The van der Waals surface area contributed by atoms with Crippen molar-refractivity contribution in [2.45, 2.75) is 24.6 Å². The van der Waals surface area contributed by atoms with Crippen molar-refractivity contribution in [3.8, 4) is 0 Å². The Bertz CT molecular complexity index is 622. The summed E-state index contributed by atoms with van der Waals surface area (Å²) in [6, 6.07) is 7.23. The maximum Gasteiger partial charge on any atom is 0.238 e. The average Bonchev–Trinajstić information content (AvgIpc) is 2.89. The van der Waals surface area contributed by atoms with Gasteiger partial charge in [0.1, 0.15) is 5.75 Å². The van der Waals surface area contributed by atoms with Gasteiger partial charge < -0.3 is 10.2 Å². The zero-order chi connectivity index (χ0) is 16.2. The van der Waals surface area contributed by atoms with Crippen molar-refractivity contribution in [2.75, 3.05) is 25.9 Å². The van der Waals surface area contributed by atoms with Crippen molar-refractivity contribution in [2.24, 2.45) is 0 Å². The minimum Gasteiger partial charge on any atom is -0.338 e. The van der Waals surface area contributed by atoms with E-state index in [9.17, 15) is 13.2 Å². The Labute approximate surface area is 152 Å². The number of amides is 1. The Balaban J connectivity index is 0.00000264. The van der Waals surface area contributed by atoms with Crippen LogP contribution in [0.3, 0.4) is 0 Å². The first kappa shape index (κ1) is 20.4. The molecule has 1 aromatic carbocycles. The van der Waals surface area contributed by atoms with Crippen LogP contribution in [-0.4, -0.2) is 51.2 Å². The fourth-order valence-corrected chi connectivity index (χ4v) is 4.38. The molecule has 1 unspecified atom stereocenters. The van der Waals surface area contributed by atoms with E-state index in [0.29, 0.717) is 18.7 Å². The molecular formula is C15H22BrClN2O3S. The van der Waals surface area contributed by atoms with Crippen molar-refractivity contribution in [3.05, 3.63) is 34.3 Å². The predicted molar refractivity (Wildman–Crippen MR) is 97.5 cm³/mol. The van der Waals surface area contributed by atoms with Gasteiger partial charge in [-0.25, -0.2) is 8.42 Å². The Kier molecular flexibility index (Phi) is 8.00. The lowest BCUT2D eigenvalue weighted by Crippen LogP contribution is -2.43. The highest BCUT2D eigenvalue weighted by Crippen LogP contribution is 2.18. The monoisotopic (exact) mass is 424 g/mol. The fraction of sp³-hybridized carbons (Fsp3) is 0.533.